The Kier molecular flexibility index (Phi) is 5.44. The Morgan fingerprint density at radius 2 is 1.90 bits per heavy atom. The molecule has 1 fully saturated rings. The Hall–Kier alpha value is -2.61. The summed E-state index contributed by atoms with van der Waals surface area (Å²) in [5.41, 5.74) is 3.10. The lowest BCUT2D eigenvalue weighted by Gasteiger charge is -2.15. The van der Waals surface area contributed by atoms with Crippen molar-refractivity contribution in [3.05, 3.63) is 29.2 Å². The number of nitrogens with zero attached hydrogens (tertiary/aromatic N) is 3. The van der Waals surface area contributed by atoms with Crippen LogP contribution in [0.4, 0.5) is 10.6 Å². The zero-order valence-electron chi connectivity index (χ0n) is 17.5. The van der Waals surface area contributed by atoms with Crippen molar-refractivity contribution in [2.45, 2.75) is 65.1 Å². The van der Waals surface area contributed by atoms with Crippen LogP contribution in [0.5, 0.6) is 0 Å². The molecule has 0 radical (unpaired) electrons. The fraction of sp³-hybridized carbons (Fsp3) is 0.524. The average molecular weight is 431 g/mol. The maximum Gasteiger partial charge on any atom is 0.320 e. The first-order valence-electron chi connectivity index (χ1n) is 10.3. The standard InChI is InChI=1S/C21H27ClN6O2/c1-12(29)25-13-4-5-14(6-13)26-20(30)27-19-7-15(17(22)10-23-19)16-9-24-28-11-21(2,3)8-18(16)28/h7,9-10,13-14H,4-6,8,11H2,1-3H3,(H,25,29)(H2,23,26,27,30)/t13-,14-/m1/s1. The summed E-state index contributed by atoms with van der Waals surface area (Å²) in [5.74, 6) is 0.388. The molecule has 3 N–H and O–H groups in total. The number of urea groups is 1. The number of nitrogens with one attached hydrogen (secondary N) is 3. The molecule has 3 heterocycles. The third-order valence-corrected chi connectivity index (χ3v) is 6.04. The highest BCUT2D eigenvalue weighted by molar-refractivity contribution is 6.33. The topological polar surface area (TPSA) is 101 Å². The van der Waals surface area contributed by atoms with Crippen LogP contribution in [-0.4, -0.2) is 38.8 Å². The van der Waals surface area contributed by atoms with Gasteiger partial charge in [0.1, 0.15) is 5.82 Å². The molecule has 0 bridgehead atoms. The van der Waals surface area contributed by atoms with Crippen LogP contribution >= 0.6 is 11.6 Å². The zero-order chi connectivity index (χ0) is 21.5. The predicted octanol–water partition coefficient (Wildman–Crippen LogP) is 3.36. The molecule has 0 saturated heterocycles. The number of hydrogen-bond acceptors (Lipinski definition) is 4. The monoisotopic (exact) mass is 430 g/mol. The Balaban J connectivity index is 1.43. The van der Waals surface area contributed by atoms with Gasteiger partial charge in [0.15, 0.2) is 0 Å². The highest BCUT2D eigenvalue weighted by Gasteiger charge is 2.32. The highest BCUT2D eigenvalue weighted by atomic mass is 35.5. The minimum atomic E-state index is -0.314. The molecule has 0 aromatic carbocycles. The quantitative estimate of drug-likeness (QED) is 0.692. The van der Waals surface area contributed by atoms with Crippen molar-refractivity contribution in [2.24, 2.45) is 5.41 Å². The summed E-state index contributed by atoms with van der Waals surface area (Å²) >= 11 is 6.43. The summed E-state index contributed by atoms with van der Waals surface area (Å²) in [7, 11) is 0. The number of amides is 3. The number of pyridine rings is 1. The molecule has 1 aliphatic heterocycles. The molecule has 9 heteroatoms. The van der Waals surface area contributed by atoms with E-state index in [1.807, 2.05) is 10.9 Å². The van der Waals surface area contributed by atoms with E-state index in [0.717, 1.165) is 49.0 Å². The molecule has 1 saturated carbocycles. The van der Waals surface area contributed by atoms with Gasteiger partial charge in [0, 0.05) is 48.6 Å². The van der Waals surface area contributed by atoms with E-state index in [1.165, 1.54) is 6.92 Å². The number of carbonyl (C=O) groups is 2. The van der Waals surface area contributed by atoms with Crippen molar-refractivity contribution in [1.29, 1.82) is 0 Å². The molecule has 3 amide bonds. The SMILES string of the molecule is CC(=O)N[C@@H]1CC[C@@H](NC(=O)Nc2cc(-c3cnn4c3CC(C)(C)C4)c(Cl)cn2)C1. The van der Waals surface area contributed by atoms with Crippen molar-refractivity contribution < 1.29 is 9.59 Å². The number of halogens is 1. The van der Waals surface area contributed by atoms with Gasteiger partial charge < -0.3 is 10.6 Å². The van der Waals surface area contributed by atoms with Crippen molar-refractivity contribution in [1.82, 2.24) is 25.4 Å². The summed E-state index contributed by atoms with van der Waals surface area (Å²) < 4.78 is 2.03. The second kappa shape index (κ2) is 7.91. The number of aromatic nitrogens is 3. The van der Waals surface area contributed by atoms with Crippen molar-refractivity contribution in [2.75, 3.05) is 5.32 Å². The second-order valence-corrected chi connectivity index (χ2v) is 9.47. The van der Waals surface area contributed by atoms with Crippen LogP contribution in [-0.2, 0) is 17.8 Å². The van der Waals surface area contributed by atoms with Gasteiger partial charge >= 0.3 is 6.03 Å². The largest absolute Gasteiger partial charge is 0.354 e. The second-order valence-electron chi connectivity index (χ2n) is 9.06. The fourth-order valence-electron chi connectivity index (χ4n) is 4.46. The number of hydrogen-bond donors (Lipinski definition) is 3. The van der Waals surface area contributed by atoms with Gasteiger partial charge in [0.05, 0.1) is 11.2 Å². The van der Waals surface area contributed by atoms with Crippen LogP contribution in [0.25, 0.3) is 11.1 Å². The average Bonchev–Trinajstić information content (AvgIpc) is 3.30. The van der Waals surface area contributed by atoms with Crippen molar-refractivity contribution in [3.8, 4) is 11.1 Å². The normalized spacial score (nSPS) is 21.9. The molecular weight excluding hydrogens is 404 g/mol. The first kappa shape index (κ1) is 20.7. The third-order valence-electron chi connectivity index (χ3n) is 5.73. The lowest BCUT2D eigenvalue weighted by atomic mass is 9.89. The molecule has 160 valence electrons. The van der Waals surface area contributed by atoms with Gasteiger partial charge in [-0.2, -0.15) is 5.10 Å². The van der Waals surface area contributed by atoms with Gasteiger partial charge in [0.25, 0.3) is 0 Å². The van der Waals surface area contributed by atoms with E-state index in [4.69, 9.17) is 11.6 Å². The molecular formula is C21H27ClN6O2. The Bertz CT molecular complexity index is 986. The van der Waals surface area contributed by atoms with Crippen LogP contribution in [0, 0.1) is 5.41 Å². The molecule has 30 heavy (non-hydrogen) atoms. The van der Waals surface area contributed by atoms with Gasteiger partial charge in [-0.05, 0) is 37.2 Å². The zero-order valence-corrected chi connectivity index (χ0v) is 18.2. The molecule has 4 rings (SSSR count). The van der Waals surface area contributed by atoms with E-state index in [9.17, 15) is 9.59 Å². The van der Waals surface area contributed by atoms with Crippen LogP contribution in [0.15, 0.2) is 18.5 Å². The lowest BCUT2D eigenvalue weighted by Crippen LogP contribution is -2.38. The smallest absolute Gasteiger partial charge is 0.320 e. The number of carbonyl (C=O) groups excluding carboxylic acids is 2. The fourth-order valence-corrected chi connectivity index (χ4v) is 4.66. The molecule has 8 nitrogen and oxygen atoms in total. The predicted molar refractivity (Wildman–Crippen MR) is 115 cm³/mol. The summed E-state index contributed by atoms with van der Waals surface area (Å²) in [4.78, 5) is 27.9. The summed E-state index contributed by atoms with van der Waals surface area (Å²) in [6.45, 7) is 6.82. The van der Waals surface area contributed by atoms with Crippen molar-refractivity contribution >= 4 is 29.4 Å². The summed E-state index contributed by atoms with van der Waals surface area (Å²) in [6, 6.07) is 1.61. The van der Waals surface area contributed by atoms with Crippen LogP contribution < -0.4 is 16.0 Å². The van der Waals surface area contributed by atoms with Gasteiger partial charge in [-0.1, -0.05) is 25.4 Å². The highest BCUT2D eigenvalue weighted by Crippen LogP contribution is 2.39. The van der Waals surface area contributed by atoms with Crippen molar-refractivity contribution in [3.63, 3.8) is 0 Å². The Labute approximate surface area is 180 Å². The maximum absolute atomic E-state index is 12.5. The molecule has 2 aromatic rings. The van der Waals surface area contributed by atoms with Crippen LogP contribution in [0.1, 0.15) is 45.7 Å². The first-order chi connectivity index (χ1) is 14.2. The minimum Gasteiger partial charge on any atom is -0.354 e. The van der Waals surface area contributed by atoms with E-state index in [0.29, 0.717) is 10.8 Å². The maximum atomic E-state index is 12.5. The van der Waals surface area contributed by atoms with Gasteiger partial charge in [0.2, 0.25) is 5.91 Å². The molecule has 1 aliphatic carbocycles. The van der Waals surface area contributed by atoms with E-state index >= 15 is 0 Å². The summed E-state index contributed by atoms with van der Waals surface area (Å²) in [5, 5.41) is 13.7. The number of rotatable bonds is 4. The molecule has 2 atom stereocenters. The van der Waals surface area contributed by atoms with E-state index in [-0.39, 0.29) is 29.4 Å². The number of fused-ring (bicyclic) bond motifs is 1. The molecule has 2 aromatic heterocycles. The Morgan fingerprint density at radius 3 is 2.63 bits per heavy atom. The van der Waals surface area contributed by atoms with E-state index in [1.54, 1.807) is 12.3 Å². The molecule has 2 aliphatic rings. The molecule has 0 spiro atoms. The third kappa shape index (κ3) is 4.43. The van der Waals surface area contributed by atoms with Crippen LogP contribution in [0.3, 0.4) is 0 Å². The van der Waals surface area contributed by atoms with Gasteiger partial charge in [-0.3, -0.25) is 14.8 Å². The van der Waals surface area contributed by atoms with E-state index in [2.05, 4.69) is 39.9 Å². The van der Waals surface area contributed by atoms with Gasteiger partial charge in [-0.25, -0.2) is 9.78 Å². The number of anilines is 1. The first-order valence-corrected chi connectivity index (χ1v) is 10.6. The van der Waals surface area contributed by atoms with Crippen LogP contribution in [0.2, 0.25) is 5.02 Å². The van der Waals surface area contributed by atoms with Gasteiger partial charge in [-0.15, -0.1) is 0 Å². The summed E-state index contributed by atoms with van der Waals surface area (Å²) in [6.07, 6.45) is 6.72. The minimum absolute atomic E-state index is 0.0230. The Morgan fingerprint density at radius 1 is 1.17 bits per heavy atom. The lowest BCUT2D eigenvalue weighted by molar-refractivity contribution is -0.119. The van der Waals surface area contributed by atoms with E-state index < -0.39 is 0 Å². The molecule has 0 unspecified atom stereocenters.